The fraction of sp³-hybridized carbons (Fsp3) is 0.435. The smallest absolute Gasteiger partial charge is 0.459 e. The van der Waals surface area contributed by atoms with Gasteiger partial charge in [0.1, 0.15) is 29.6 Å². The van der Waals surface area contributed by atoms with Gasteiger partial charge in [-0.15, -0.1) is 0 Å². The summed E-state index contributed by atoms with van der Waals surface area (Å²) < 4.78 is 37.0. The second-order valence-corrected chi connectivity index (χ2v) is 10.2. The Hall–Kier alpha value is -2.57. The number of hydrogen-bond donors (Lipinski definition) is 4. The standard InChI is InChI=1S/C23H30N3O9P.ClH/c1-14(2)33-23(30)15(3)25-36(31,35-17-9-5-4-6-10-17)32-13-18-19(27)20(28)22(34-18)26-11-7-8-16(12-26)21(24)29;/h4-12,14-15,18-20,22,27-28H,13H2,1-3H3,(H2-,24,25,29,31);1H/t15-,18+,19+,20+,22+,36?;/m0./s1. The average molecular weight is 560 g/mol. The molecule has 0 spiro atoms. The Morgan fingerprint density at radius 2 is 1.81 bits per heavy atom. The van der Waals surface area contributed by atoms with Gasteiger partial charge in [0.25, 0.3) is 12.1 Å². The van der Waals surface area contributed by atoms with Crippen molar-refractivity contribution in [1.29, 1.82) is 0 Å². The molecule has 1 aliphatic heterocycles. The van der Waals surface area contributed by atoms with Gasteiger partial charge in [0.05, 0.1) is 12.7 Å². The molecule has 12 nitrogen and oxygen atoms in total. The molecule has 1 fully saturated rings. The van der Waals surface area contributed by atoms with Gasteiger partial charge in [-0.05, 0) is 39.0 Å². The molecule has 1 aliphatic rings. The van der Waals surface area contributed by atoms with Crippen molar-refractivity contribution in [2.24, 2.45) is 5.73 Å². The zero-order valence-corrected chi connectivity index (χ0v) is 22.1. The number of esters is 1. The number of benzene rings is 1. The zero-order chi connectivity index (χ0) is 26.5. The summed E-state index contributed by atoms with van der Waals surface area (Å²) in [5, 5.41) is 23.6. The Bertz CT molecular complexity index is 1110. The number of para-hydroxylation sites is 1. The molecule has 204 valence electrons. The number of nitrogens with two attached hydrogens (primary N) is 1. The predicted molar refractivity (Wildman–Crippen MR) is 126 cm³/mol. The minimum atomic E-state index is -4.20. The number of aromatic nitrogens is 1. The normalized spacial score (nSPS) is 23.5. The number of aliphatic hydroxyl groups excluding tert-OH is 2. The van der Waals surface area contributed by atoms with Gasteiger partial charge in [-0.25, -0.2) is 4.57 Å². The summed E-state index contributed by atoms with van der Waals surface area (Å²) in [5.41, 5.74) is 5.48. The summed E-state index contributed by atoms with van der Waals surface area (Å²) in [7, 11) is -4.20. The van der Waals surface area contributed by atoms with Gasteiger partial charge in [0.2, 0.25) is 0 Å². The zero-order valence-electron chi connectivity index (χ0n) is 20.5. The number of halogens is 1. The highest BCUT2D eigenvalue weighted by Gasteiger charge is 2.49. The molecule has 1 saturated heterocycles. The summed E-state index contributed by atoms with van der Waals surface area (Å²) >= 11 is 0. The Morgan fingerprint density at radius 3 is 2.43 bits per heavy atom. The quantitative estimate of drug-likeness (QED) is 0.135. The fourth-order valence-corrected chi connectivity index (χ4v) is 4.92. The molecule has 1 aromatic heterocycles. The van der Waals surface area contributed by atoms with Gasteiger partial charge in [-0.3, -0.25) is 14.1 Å². The van der Waals surface area contributed by atoms with Gasteiger partial charge in [0, 0.05) is 6.07 Å². The van der Waals surface area contributed by atoms with E-state index < -0.39 is 56.8 Å². The largest absolute Gasteiger partial charge is 1.00 e. The SMILES string of the molecule is CC(C)OC(=O)[C@H](C)NP(=O)(OC[C@H]1O[C@@H]([n+]2cccc(C(N)=O)c2)[C@H](O)[C@@H]1O)Oc1ccccc1.[Cl-]. The lowest BCUT2D eigenvalue weighted by molar-refractivity contribution is -0.765. The minimum absolute atomic E-state index is 0. The van der Waals surface area contributed by atoms with E-state index in [1.54, 1.807) is 44.2 Å². The van der Waals surface area contributed by atoms with Crippen LogP contribution in [-0.4, -0.2) is 59.2 Å². The molecule has 0 radical (unpaired) electrons. The number of carbonyl (C=O) groups is 2. The average Bonchev–Trinajstić information content (AvgIpc) is 3.11. The Labute approximate surface area is 220 Å². The van der Waals surface area contributed by atoms with Crippen LogP contribution in [0.3, 0.4) is 0 Å². The predicted octanol–water partition coefficient (Wildman–Crippen LogP) is -2.17. The molecule has 0 aliphatic carbocycles. The number of ether oxygens (including phenoxy) is 2. The van der Waals surface area contributed by atoms with Crippen molar-refractivity contribution >= 4 is 19.6 Å². The van der Waals surface area contributed by atoms with Crippen molar-refractivity contribution in [1.82, 2.24) is 5.09 Å². The molecule has 2 aromatic rings. The molecule has 37 heavy (non-hydrogen) atoms. The number of nitrogens with one attached hydrogen (secondary N) is 1. The van der Waals surface area contributed by atoms with Gasteiger partial charge in [-0.1, -0.05) is 18.2 Å². The summed E-state index contributed by atoms with van der Waals surface area (Å²) in [6.07, 6.45) is -2.50. The van der Waals surface area contributed by atoms with Gasteiger partial charge in [0.15, 0.2) is 18.5 Å². The van der Waals surface area contributed by atoms with E-state index in [0.29, 0.717) is 0 Å². The first-order valence-corrected chi connectivity index (χ1v) is 12.8. The number of rotatable bonds is 11. The van der Waals surface area contributed by atoms with E-state index in [-0.39, 0.29) is 29.8 Å². The molecular formula is C23H31ClN3O9P. The number of amides is 1. The molecule has 5 N–H and O–H groups in total. The second kappa shape index (κ2) is 13.3. The van der Waals surface area contributed by atoms with E-state index in [2.05, 4.69) is 5.09 Å². The van der Waals surface area contributed by atoms with Crippen molar-refractivity contribution < 1.29 is 59.9 Å². The number of nitrogens with zero attached hydrogens (tertiary/aromatic N) is 1. The molecule has 6 atom stereocenters. The molecule has 2 heterocycles. The maximum absolute atomic E-state index is 13.6. The lowest BCUT2D eigenvalue weighted by Gasteiger charge is -2.24. The highest BCUT2D eigenvalue weighted by atomic mass is 35.5. The molecule has 1 unspecified atom stereocenters. The summed E-state index contributed by atoms with van der Waals surface area (Å²) in [6.45, 7) is 4.34. The van der Waals surface area contributed by atoms with Crippen molar-refractivity contribution in [2.75, 3.05) is 6.61 Å². The molecular weight excluding hydrogens is 529 g/mol. The van der Waals surface area contributed by atoms with Crippen molar-refractivity contribution in [3.05, 3.63) is 60.4 Å². The van der Waals surface area contributed by atoms with Crippen LogP contribution in [0.15, 0.2) is 54.9 Å². The van der Waals surface area contributed by atoms with Crippen LogP contribution in [0.2, 0.25) is 0 Å². The van der Waals surface area contributed by atoms with Gasteiger partial charge >= 0.3 is 13.7 Å². The summed E-state index contributed by atoms with van der Waals surface area (Å²) in [6, 6.07) is 10.2. The number of carbonyl (C=O) groups excluding carboxylic acids is 2. The molecule has 14 heteroatoms. The molecule has 1 amide bonds. The van der Waals surface area contributed by atoms with Crippen LogP contribution in [-0.2, 0) is 23.4 Å². The molecule has 3 rings (SSSR count). The lowest BCUT2D eigenvalue weighted by Crippen LogP contribution is -3.00. The number of pyridine rings is 1. The second-order valence-electron chi connectivity index (χ2n) is 8.48. The molecule has 0 saturated carbocycles. The van der Waals surface area contributed by atoms with E-state index in [1.165, 1.54) is 36.0 Å². The summed E-state index contributed by atoms with van der Waals surface area (Å²) in [5.74, 6) is -1.13. The third-order valence-corrected chi connectivity index (χ3v) is 6.82. The third-order valence-electron chi connectivity index (χ3n) is 5.17. The maximum Gasteiger partial charge on any atom is 0.459 e. The van der Waals surface area contributed by atoms with E-state index in [9.17, 15) is 24.4 Å². The van der Waals surface area contributed by atoms with Crippen LogP contribution >= 0.6 is 7.75 Å². The number of primary amides is 1. The maximum atomic E-state index is 13.6. The van der Waals surface area contributed by atoms with Crippen LogP contribution in [0.1, 0.15) is 37.4 Å². The van der Waals surface area contributed by atoms with E-state index in [0.717, 1.165) is 0 Å². The first kappa shape index (κ1) is 30.7. The fourth-order valence-electron chi connectivity index (χ4n) is 3.42. The number of aliphatic hydroxyl groups is 2. The Morgan fingerprint density at radius 1 is 1.14 bits per heavy atom. The van der Waals surface area contributed by atoms with Crippen LogP contribution < -0.4 is 32.3 Å². The van der Waals surface area contributed by atoms with Gasteiger partial charge in [-0.2, -0.15) is 9.65 Å². The van der Waals surface area contributed by atoms with Crippen molar-refractivity contribution in [2.45, 2.75) is 57.5 Å². The van der Waals surface area contributed by atoms with Crippen LogP contribution in [0, 0.1) is 0 Å². The summed E-state index contributed by atoms with van der Waals surface area (Å²) in [4.78, 5) is 23.8. The van der Waals surface area contributed by atoms with E-state index in [1.807, 2.05) is 0 Å². The highest BCUT2D eigenvalue weighted by molar-refractivity contribution is 7.52. The van der Waals surface area contributed by atoms with E-state index >= 15 is 0 Å². The van der Waals surface area contributed by atoms with Crippen molar-refractivity contribution in [3.8, 4) is 5.75 Å². The van der Waals surface area contributed by atoms with Crippen LogP contribution in [0.5, 0.6) is 5.75 Å². The minimum Gasteiger partial charge on any atom is -1.00 e. The third kappa shape index (κ3) is 8.21. The topological polar surface area (TPSA) is 171 Å². The van der Waals surface area contributed by atoms with E-state index in [4.69, 9.17) is 24.3 Å². The van der Waals surface area contributed by atoms with Crippen LogP contribution in [0.4, 0.5) is 0 Å². The Balaban J connectivity index is 0.00000481. The Kier molecular flexibility index (Phi) is 11.0. The van der Waals surface area contributed by atoms with Crippen molar-refractivity contribution in [3.63, 3.8) is 0 Å². The van der Waals surface area contributed by atoms with Gasteiger partial charge < -0.3 is 42.4 Å². The van der Waals surface area contributed by atoms with Crippen LogP contribution in [0.25, 0.3) is 0 Å². The highest BCUT2D eigenvalue weighted by Crippen LogP contribution is 2.45. The first-order chi connectivity index (χ1) is 17.0. The first-order valence-electron chi connectivity index (χ1n) is 11.3. The molecule has 0 bridgehead atoms. The molecule has 1 aromatic carbocycles. The lowest BCUT2D eigenvalue weighted by atomic mass is 10.1. The monoisotopic (exact) mass is 559 g/mol. The number of hydrogen-bond acceptors (Lipinski definition) is 9.